The van der Waals surface area contributed by atoms with E-state index in [9.17, 15) is 9.59 Å². The summed E-state index contributed by atoms with van der Waals surface area (Å²) in [7, 11) is 0. The van der Waals surface area contributed by atoms with Gasteiger partial charge in [-0.1, -0.05) is 13.8 Å². The Bertz CT molecular complexity index is 298. The summed E-state index contributed by atoms with van der Waals surface area (Å²) < 4.78 is 0. The van der Waals surface area contributed by atoms with Crippen molar-refractivity contribution in [3.63, 3.8) is 0 Å². The van der Waals surface area contributed by atoms with Crippen molar-refractivity contribution in [2.24, 2.45) is 11.8 Å². The summed E-state index contributed by atoms with van der Waals surface area (Å²) >= 11 is 0. The number of carbonyl (C=O) groups is 2. The van der Waals surface area contributed by atoms with E-state index >= 15 is 0 Å². The molecule has 0 saturated carbocycles. The van der Waals surface area contributed by atoms with Crippen LogP contribution in [0, 0.1) is 11.8 Å². The minimum atomic E-state index is -1.00. The minimum absolute atomic E-state index is 0. The predicted molar refractivity (Wildman–Crippen MR) is 76.5 cm³/mol. The Kier molecular flexibility index (Phi) is 8.76. The summed E-state index contributed by atoms with van der Waals surface area (Å²) in [5.74, 6) is 0.252. The molecule has 1 aliphatic heterocycles. The molecule has 1 unspecified atom stereocenters. The molecule has 0 aliphatic carbocycles. The standard InChI is InChI=1S/C13H24N2O3.ClH/c1-10(2)11-4-3-6-15(7-5-11)9-12(16)14-8-13(17)18;/h10-11H,3-9H2,1-2H3,(H,14,16)(H,17,18);1H. The number of hydrogen-bond acceptors (Lipinski definition) is 3. The fourth-order valence-electron chi connectivity index (χ4n) is 2.44. The lowest BCUT2D eigenvalue weighted by molar-refractivity contribution is -0.138. The van der Waals surface area contributed by atoms with Crippen LogP contribution in [0.1, 0.15) is 33.1 Å². The van der Waals surface area contributed by atoms with Crippen molar-refractivity contribution in [3.8, 4) is 0 Å². The number of likely N-dealkylation sites (tertiary alicyclic amines) is 1. The molecule has 2 N–H and O–H groups in total. The van der Waals surface area contributed by atoms with Crippen LogP contribution in [0.3, 0.4) is 0 Å². The molecule has 1 heterocycles. The molecule has 5 nitrogen and oxygen atoms in total. The first-order chi connectivity index (χ1) is 8.49. The highest BCUT2D eigenvalue weighted by Crippen LogP contribution is 2.24. The van der Waals surface area contributed by atoms with Gasteiger partial charge in [-0.25, -0.2) is 0 Å². The number of carbonyl (C=O) groups excluding carboxylic acids is 1. The van der Waals surface area contributed by atoms with E-state index in [4.69, 9.17) is 5.11 Å². The Hall–Kier alpha value is -0.810. The van der Waals surface area contributed by atoms with Gasteiger partial charge in [-0.2, -0.15) is 0 Å². The molecule has 1 amide bonds. The monoisotopic (exact) mass is 292 g/mol. The van der Waals surface area contributed by atoms with Gasteiger partial charge in [-0.3, -0.25) is 14.5 Å². The first kappa shape index (κ1) is 18.2. The molecule has 0 aromatic heterocycles. The number of carboxylic acid groups (broad SMARTS) is 1. The molecule has 1 rings (SSSR count). The lowest BCUT2D eigenvalue weighted by Gasteiger charge is -2.20. The molecule has 0 radical (unpaired) electrons. The van der Waals surface area contributed by atoms with Crippen LogP contribution in [0.2, 0.25) is 0 Å². The Morgan fingerprint density at radius 2 is 2.00 bits per heavy atom. The highest BCUT2D eigenvalue weighted by Gasteiger charge is 2.20. The number of hydrogen-bond donors (Lipinski definition) is 2. The van der Waals surface area contributed by atoms with Crippen molar-refractivity contribution in [1.82, 2.24) is 10.2 Å². The first-order valence-electron chi connectivity index (χ1n) is 6.70. The van der Waals surface area contributed by atoms with E-state index in [0.717, 1.165) is 31.8 Å². The molecule has 0 bridgehead atoms. The van der Waals surface area contributed by atoms with Gasteiger partial charge in [0, 0.05) is 0 Å². The summed E-state index contributed by atoms with van der Waals surface area (Å²) in [6.45, 7) is 6.40. The summed E-state index contributed by atoms with van der Waals surface area (Å²) in [5, 5.41) is 10.9. The van der Waals surface area contributed by atoms with Gasteiger partial charge in [0.25, 0.3) is 0 Å². The molecule has 1 saturated heterocycles. The number of halogens is 1. The molecular weight excluding hydrogens is 268 g/mol. The average molecular weight is 293 g/mol. The zero-order valence-corrected chi connectivity index (χ0v) is 12.5. The number of nitrogens with one attached hydrogen (secondary N) is 1. The predicted octanol–water partition coefficient (Wildman–Crippen LogP) is 1.37. The van der Waals surface area contributed by atoms with Crippen molar-refractivity contribution in [2.75, 3.05) is 26.2 Å². The highest BCUT2D eigenvalue weighted by molar-refractivity contribution is 5.85. The minimum Gasteiger partial charge on any atom is -0.480 e. The van der Waals surface area contributed by atoms with Crippen LogP contribution in [0.25, 0.3) is 0 Å². The van der Waals surface area contributed by atoms with Gasteiger partial charge in [0.1, 0.15) is 6.54 Å². The summed E-state index contributed by atoms with van der Waals surface area (Å²) in [6.07, 6.45) is 3.48. The maximum atomic E-state index is 11.5. The van der Waals surface area contributed by atoms with Gasteiger partial charge in [-0.05, 0) is 44.2 Å². The van der Waals surface area contributed by atoms with Gasteiger partial charge in [-0.15, -0.1) is 12.4 Å². The molecule has 112 valence electrons. The largest absolute Gasteiger partial charge is 0.480 e. The van der Waals surface area contributed by atoms with E-state index in [1.807, 2.05) is 0 Å². The van der Waals surface area contributed by atoms with Gasteiger partial charge in [0.15, 0.2) is 0 Å². The van der Waals surface area contributed by atoms with E-state index in [2.05, 4.69) is 24.1 Å². The SMILES string of the molecule is CC(C)C1CCCN(CC(=O)NCC(=O)O)CC1.Cl. The second-order valence-electron chi connectivity index (χ2n) is 5.38. The van der Waals surface area contributed by atoms with E-state index in [0.29, 0.717) is 12.5 Å². The highest BCUT2D eigenvalue weighted by atomic mass is 35.5. The summed E-state index contributed by atoms with van der Waals surface area (Å²) in [6, 6.07) is 0. The topological polar surface area (TPSA) is 69.6 Å². The van der Waals surface area contributed by atoms with Crippen LogP contribution in [-0.2, 0) is 9.59 Å². The number of nitrogens with zero attached hydrogens (tertiary/aromatic N) is 1. The Morgan fingerprint density at radius 3 is 2.58 bits per heavy atom. The Morgan fingerprint density at radius 1 is 1.32 bits per heavy atom. The van der Waals surface area contributed by atoms with Crippen molar-refractivity contribution in [1.29, 1.82) is 0 Å². The zero-order valence-electron chi connectivity index (χ0n) is 11.7. The molecule has 0 aromatic carbocycles. The fraction of sp³-hybridized carbons (Fsp3) is 0.846. The summed E-state index contributed by atoms with van der Waals surface area (Å²) in [5.41, 5.74) is 0. The molecular formula is C13H25ClN2O3. The van der Waals surface area contributed by atoms with Crippen molar-refractivity contribution in [2.45, 2.75) is 33.1 Å². The molecule has 6 heteroatoms. The van der Waals surface area contributed by atoms with E-state index in [1.54, 1.807) is 0 Å². The number of rotatable bonds is 5. The van der Waals surface area contributed by atoms with E-state index in [1.165, 1.54) is 6.42 Å². The zero-order chi connectivity index (χ0) is 13.5. The fourth-order valence-corrected chi connectivity index (χ4v) is 2.44. The normalized spacial score (nSPS) is 20.5. The van der Waals surface area contributed by atoms with Crippen LogP contribution < -0.4 is 5.32 Å². The van der Waals surface area contributed by atoms with E-state index < -0.39 is 5.97 Å². The molecule has 1 atom stereocenters. The number of carboxylic acids is 1. The Labute approximate surface area is 121 Å². The molecule has 19 heavy (non-hydrogen) atoms. The van der Waals surface area contributed by atoms with Crippen molar-refractivity contribution >= 4 is 24.3 Å². The van der Waals surface area contributed by atoms with Crippen molar-refractivity contribution < 1.29 is 14.7 Å². The van der Waals surface area contributed by atoms with Crippen LogP contribution in [0.15, 0.2) is 0 Å². The van der Waals surface area contributed by atoms with Crippen LogP contribution in [0.5, 0.6) is 0 Å². The lowest BCUT2D eigenvalue weighted by Crippen LogP contribution is -2.39. The lowest BCUT2D eigenvalue weighted by atomic mass is 9.89. The van der Waals surface area contributed by atoms with Crippen LogP contribution in [0.4, 0.5) is 0 Å². The van der Waals surface area contributed by atoms with E-state index in [-0.39, 0.29) is 24.9 Å². The van der Waals surface area contributed by atoms with Gasteiger partial charge >= 0.3 is 5.97 Å². The third-order valence-electron chi connectivity index (χ3n) is 3.61. The van der Waals surface area contributed by atoms with Gasteiger partial charge in [0.05, 0.1) is 6.54 Å². The Balaban J connectivity index is 0.00000324. The second-order valence-corrected chi connectivity index (χ2v) is 5.38. The second kappa shape index (κ2) is 9.15. The van der Waals surface area contributed by atoms with Gasteiger partial charge in [0.2, 0.25) is 5.91 Å². The maximum absolute atomic E-state index is 11.5. The number of aliphatic carboxylic acids is 1. The maximum Gasteiger partial charge on any atom is 0.322 e. The molecule has 1 aliphatic rings. The average Bonchev–Trinajstić information content (AvgIpc) is 2.52. The molecule has 1 fully saturated rings. The number of amides is 1. The quantitative estimate of drug-likeness (QED) is 0.803. The van der Waals surface area contributed by atoms with Gasteiger partial charge < -0.3 is 10.4 Å². The molecule has 0 spiro atoms. The van der Waals surface area contributed by atoms with Crippen molar-refractivity contribution in [3.05, 3.63) is 0 Å². The molecule has 0 aromatic rings. The third kappa shape index (κ3) is 7.38. The van der Waals surface area contributed by atoms with Crippen LogP contribution in [-0.4, -0.2) is 48.1 Å². The smallest absolute Gasteiger partial charge is 0.322 e. The van der Waals surface area contributed by atoms with Crippen LogP contribution >= 0.6 is 12.4 Å². The first-order valence-corrected chi connectivity index (χ1v) is 6.70. The third-order valence-corrected chi connectivity index (χ3v) is 3.61. The summed E-state index contributed by atoms with van der Waals surface area (Å²) in [4.78, 5) is 24.0.